The van der Waals surface area contributed by atoms with Crippen molar-refractivity contribution in [1.29, 1.82) is 0 Å². The fraction of sp³-hybridized carbons (Fsp3) is 0.519. The van der Waals surface area contributed by atoms with E-state index in [-0.39, 0.29) is 23.2 Å². The molecule has 1 heterocycles. The van der Waals surface area contributed by atoms with Crippen LogP contribution in [0.4, 0.5) is 10.1 Å². The quantitative estimate of drug-likeness (QED) is 0.445. The lowest BCUT2D eigenvalue weighted by Gasteiger charge is -2.43. The Hall–Kier alpha value is -2.58. The molecular weight excluding hydrogens is 403 g/mol. The van der Waals surface area contributed by atoms with Gasteiger partial charge < -0.3 is 4.74 Å². The number of carbonyl (C=O) groups excluding carboxylic acids is 1. The Kier molecular flexibility index (Phi) is 7.46. The highest BCUT2D eigenvalue weighted by molar-refractivity contribution is 5.84. The lowest BCUT2D eigenvalue weighted by Crippen LogP contribution is -2.55. The van der Waals surface area contributed by atoms with E-state index in [1.807, 2.05) is 31.0 Å². The molecule has 1 aliphatic carbocycles. The van der Waals surface area contributed by atoms with Crippen LogP contribution in [0, 0.1) is 17.8 Å². The summed E-state index contributed by atoms with van der Waals surface area (Å²) in [5.41, 5.74) is 2.83. The highest BCUT2D eigenvalue weighted by Gasteiger charge is 2.41. The normalized spacial score (nSPS) is 22.3. The van der Waals surface area contributed by atoms with Crippen LogP contribution in [0.3, 0.4) is 0 Å². The first-order valence-electron chi connectivity index (χ1n) is 11.4. The molecule has 172 valence electrons. The first-order chi connectivity index (χ1) is 15.2. The van der Waals surface area contributed by atoms with Crippen LogP contribution in [0.2, 0.25) is 0 Å². The van der Waals surface area contributed by atoms with Crippen LogP contribution < -0.4 is 5.01 Å². The Morgan fingerprint density at radius 1 is 1.28 bits per heavy atom. The third kappa shape index (κ3) is 5.07. The van der Waals surface area contributed by atoms with E-state index in [4.69, 9.17) is 4.74 Å². The number of esters is 1. The zero-order valence-electron chi connectivity index (χ0n) is 20.1. The van der Waals surface area contributed by atoms with Gasteiger partial charge in [-0.2, -0.15) is 0 Å². The molecule has 3 atom stereocenters. The van der Waals surface area contributed by atoms with Crippen LogP contribution in [0.15, 0.2) is 47.8 Å². The zero-order chi connectivity index (χ0) is 23.5. The maximum absolute atomic E-state index is 14.3. The second-order valence-corrected chi connectivity index (χ2v) is 9.65. The van der Waals surface area contributed by atoms with Crippen molar-refractivity contribution in [2.75, 3.05) is 18.7 Å². The first-order valence-corrected chi connectivity index (χ1v) is 11.4. The van der Waals surface area contributed by atoms with Crippen LogP contribution >= 0.6 is 0 Å². The monoisotopic (exact) mass is 438 g/mol. The van der Waals surface area contributed by atoms with Crippen LogP contribution in [0.25, 0.3) is 0 Å². The third-order valence-electron chi connectivity index (χ3n) is 6.33. The number of allylic oxidation sites excluding steroid dienone is 3. The van der Waals surface area contributed by atoms with Gasteiger partial charge in [0.2, 0.25) is 0 Å². The number of hydrazine groups is 1. The molecule has 0 radical (unpaired) electrons. The molecule has 3 rings (SSSR count). The fourth-order valence-electron chi connectivity index (χ4n) is 4.51. The summed E-state index contributed by atoms with van der Waals surface area (Å²) < 4.78 is 19.6. The standard InChI is InChI=1S/C27H35FN2O2/c1-7-9-22-10-8-17-29(22)30(23-15-12-20(13-16-23)27(3,4)5)25(26(31)32-6)24-18-21(28)14-11-19(24)2/h12-16,18-19,22,25H,8,10-11,17H2,1-6H3/t19?,22-,25?/m1/s1. The molecule has 1 saturated heterocycles. The average molecular weight is 439 g/mol. The molecule has 0 spiro atoms. The molecule has 0 N–H and O–H groups in total. The number of anilines is 1. The number of nitrogens with zero attached hydrogens (tertiary/aromatic N) is 2. The minimum Gasteiger partial charge on any atom is -0.467 e. The number of hydrogen-bond acceptors (Lipinski definition) is 4. The fourth-order valence-corrected chi connectivity index (χ4v) is 4.51. The summed E-state index contributed by atoms with van der Waals surface area (Å²) in [6.07, 6.45) is 5.54. The van der Waals surface area contributed by atoms with E-state index in [2.05, 4.69) is 49.8 Å². The van der Waals surface area contributed by atoms with Crippen molar-refractivity contribution in [2.45, 2.75) is 71.4 Å². The van der Waals surface area contributed by atoms with Crippen molar-refractivity contribution in [3.8, 4) is 11.8 Å². The van der Waals surface area contributed by atoms with Crippen molar-refractivity contribution in [2.24, 2.45) is 5.92 Å². The van der Waals surface area contributed by atoms with Gasteiger partial charge in [0.05, 0.1) is 18.8 Å². The predicted molar refractivity (Wildman–Crippen MR) is 128 cm³/mol. The second-order valence-electron chi connectivity index (χ2n) is 9.65. The lowest BCUT2D eigenvalue weighted by molar-refractivity contribution is -0.142. The maximum Gasteiger partial charge on any atom is 0.334 e. The van der Waals surface area contributed by atoms with Gasteiger partial charge >= 0.3 is 5.97 Å². The van der Waals surface area contributed by atoms with E-state index in [1.54, 1.807) is 6.08 Å². The summed E-state index contributed by atoms with van der Waals surface area (Å²) >= 11 is 0. The van der Waals surface area contributed by atoms with Gasteiger partial charge in [-0.05, 0) is 72.9 Å². The van der Waals surface area contributed by atoms with E-state index < -0.39 is 12.0 Å². The second kappa shape index (κ2) is 9.92. The Morgan fingerprint density at radius 3 is 2.56 bits per heavy atom. The first kappa shape index (κ1) is 24.1. The van der Waals surface area contributed by atoms with Gasteiger partial charge in [-0.1, -0.05) is 45.7 Å². The summed E-state index contributed by atoms with van der Waals surface area (Å²) in [7, 11) is 1.39. The maximum atomic E-state index is 14.3. The molecule has 1 aliphatic heterocycles. The van der Waals surface area contributed by atoms with E-state index >= 15 is 0 Å². The molecule has 0 amide bonds. The van der Waals surface area contributed by atoms with Gasteiger partial charge in [-0.25, -0.2) is 14.2 Å². The average Bonchev–Trinajstić information content (AvgIpc) is 3.21. The van der Waals surface area contributed by atoms with Crippen molar-refractivity contribution in [3.05, 3.63) is 53.4 Å². The minimum atomic E-state index is -0.755. The van der Waals surface area contributed by atoms with Crippen LogP contribution in [-0.2, 0) is 14.9 Å². The molecule has 4 nitrogen and oxygen atoms in total. The summed E-state index contributed by atoms with van der Waals surface area (Å²) in [6, 6.07) is 7.54. The number of ether oxygens (including phenoxy) is 1. The Balaban J connectivity index is 2.16. The third-order valence-corrected chi connectivity index (χ3v) is 6.33. The summed E-state index contributed by atoms with van der Waals surface area (Å²) in [5.74, 6) is 5.65. The summed E-state index contributed by atoms with van der Waals surface area (Å²) in [6.45, 7) is 11.2. The highest BCUT2D eigenvalue weighted by atomic mass is 19.1. The molecule has 0 bridgehead atoms. The van der Waals surface area contributed by atoms with Crippen LogP contribution in [-0.4, -0.2) is 36.7 Å². The Bertz CT molecular complexity index is 947. The SMILES string of the molecule is CC#C[C@@H]1CCCN1N(c1ccc(C(C)(C)C)cc1)C(C(=O)OC)C1=CC(F)=CCC1C. The van der Waals surface area contributed by atoms with Gasteiger partial charge in [0, 0.05) is 6.54 Å². The molecule has 1 aromatic rings. The van der Waals surface area contributed by atoms with Crippen molar-refractivity contribution < 1.29 is 13.9 Å². The van der Waals surface area contributed by atoms with Gasteiger partial charge in [0.1, 0.15) is 5.83 Å². The van der Waals surface area contributed by atoms with E-state index in [9.17, 15) is 9.18 Å². The van der Waals surface area contributed by atoms with E-state index in [1.165, 1.54) is 18.7 Å². The van der Waals surface area contributed by atoms with Crippen LogP contribution in [0.1, 0.15) is 59.4 Å². The van der Waals surface area contributed by atoms with Gasteiger partial charge in [-0.15, -0.1) is 5.92 Å². The Labute approximate surface area is 192 Å². The van der Waals surface area contributed by atoms with Gasteiger partial charge in [-0.3, -0.25) is 5.01 Å². The summed E-state index contributed by atoms with van der Waals surface area (Å²) in [4.78, 5) is 13.2. The molecular formula is C27H35FN2O2. The van der Waals surface area contributed by atoms with Gasteiger partial charge in [0.25, 0.3) is 0 Å². The topological polar surface area (TPSA) is 32.8 Å². The number of rotatable bonds is 5. The largest absolute Gasteiger partial charge is 0.467 e. The number of methoxy groups -OCH3 is 1. The van der Waals surface area contributed by atoms with Crippen molar-refractivity contribution in [3.63, 3.8) is 0 Å². The van der Waals surface area contributed by atoms with Gasteiger partial charge in [0.15, 0.2) is 6.04 Å². The number of carbonyl (C=O) groups is 1. The lowest BCUT2D eigenvalue weighted by atomic mass is 9.86. The molecule has 32 heavy (non-hydrogen) atoms. The molecule has 1 aromatic carbocycles. The summed E-state index contributed by atoms with van der Waals surface area (Å²) in [5, 5.41) is 4.16. The zero-order valence-corrected chi connectivity index (χ0v) is 20.1. The van der Waals surface area contributed by atoms with Crippen molar-refractivity contribution in [1.82, 2.24) is 5.01 Å². The van der Waals surface area contributed by atoms with E-state index in [0.717, 1.165) is 30.6 Å². The van der Waals surface area contributed by atoms with Crippen LogP contribution in [0.5, 0.6) is 0 Å². The number of hydrogen-bond donors (Lipinski definition) is 0. The highest BCUT2D eigenvalue weighted by Crippen LogP contribution is 2.36. The predicted octanol–water partition coefficient (Wildman–Crippen LogP) is 5.55. The molecule has 2 aliphatic rings. The van der Waals surface area contributed by atoms with E-state index in [0.29, 0.717) is 6.42 Å². The molecule has 1 fully saturated rings. The smallest absolute Gasteiger partial charge is 0.334 e. The molecule has 2 unspecified atom stereocenters. The van der Waals surface area contributed by atoms with Crippen molar-refractivity contribution >= 4 is 11.7 Å². The minimum absolute atomic E-state index is 0.00525. The molecule has 5 heteroatoms. The number of benzene rings is 1. The Morgan fingerprint density at radius 2 is 1.97 bits per heavy atom. The molecule has 0 aromatic heterocycles. The number of halogens is 1. The molecule has 0 saturated carbocycles.